The minimum absolute atomic E-state index is 0.167. The molecule has 0 unspecified atom stereocenters. The van der Waals surface area contributed by atoms with Gasteiger partial charge >= 0.3 is 0 Å². The lowest BCUT2D eigenvalue weighted by Gasteiger charge is -2.33. The van der Waals surface area contributed by atoms with Gasteiger partial charge in [0.1, 0.15) is 17.2 Å². The fourth-order valence-electron chi connectivity index (χ4n) is 6.99. The van der Waals surface area contributed by atoms with E-state index in [4.69, 9.17) is 0 Å². The van der Waals surface area contributed by atoms with E-state index in [1.165, 1.54) is 33.4 Å². The molecule has 0 radical (unpaired) electrons. The molecule has 0 aliphatic heterocycles. The van der Waals surface area contributed by atoms with Gasteiger partial charge in [-0.2, -0.15) is 0 Å². The van der Waals surface area contributed by atoms with E-state index in [0.29, 0.717) is 17.2 Å². The average molecular weight is 607 g/mol. The maximum atomic E-state index is 10.9. The normalized spacial score (nSPS) is 12.1. The third kappa shape index (κ3) is 6.50. The van der Waals surface area contributed by atoms with E-state index >= 15 is 0 Å². The van der Waals surface area contributed by atoms with Crippen LogP contribution < -0.4 is 0 Å². The van der Waals surface area contributed by atoms with Crippen LogP contribution in [0.15, 0.2) is 54.6 Å². The van der Waals surface area contributed by atoms with E-state index in [1.807, 2.05) is 18.2 Å². The second-order valence-corrected chi connectivity index (χ2v) is 14.6. The molecule has 0 spiro atoms. The quantitative estimate of drug-likeness (QED) is 0.178. The molecule has 4 rings (SSSR count). The molecule has 0 aliphatic rings. The topological polar surface area (TPSA) is 60.7 Å². The molecule has 0 saturated heterocycles. The molecule has 4 aromatic rings. The molecule has 0 amide bonds. The summed E-state index contributed by atoms with van der Waals surface area (Å²) in [4.78, 5) is 0. The van der Waals surface area contributed by atoms with Crippen LogP contribution in [0.5, 0.6) is 17.2 Å². The number of benzene rings is 4. The molecule has 0 aromatic heterocycles. The molecule has 3 nitrogen and oxygen atoms in total. The number of rotatable bonds is 9. The Kier molecular flexibility index (Phi) is 10.1. The fraction of sp³-hybridized carbons (Fsp3) is 0.429. The zero-order valence-electron chi connectivity index (χ0n) is 29.5. The van der Waals surface area contributed by atoms with Gasteiger partial charge in [0.2, 0.25) is 0 Å². The van der Waals surface area contributed by atoms with Gasteiger partial charge in [-0.15, -0.1) is 0 Å². The standard InChI is InChI=1S/C42H54O3/c1-22(2)31-19-28(13-16-34(31)43)40-37(25(7)8)41(29-14-17-35(44)32(20-29)23(3)4)39(27(11)12)42(38(40)26(9)10)30-15-18-36(45)33(21-30)24(5)6/h13-27,43-45H,1-12H3. The van der Waals surface area contributed by atoms with Crippen molar-refractivity contribution in [2.45, 2.75) is 119 Å². The molecule has 4 aromatic carbocycles. The zero-order valence-corrected chi connectivity index (χ0v) is 29.5. The van der Waals surface area contributed by atoms with E-state index in [9.17, 15) is 15.3 Å². The van der Waals surface area contributed by atoms with Crippen molar-refractivity contribution in [1.82, 2.24) is 0 Å². The van der Waals surface area contributed by atoms with Crippen molar-refractivity contribution in [2.24, 2.45) is 0 Å². The fourth-order valence-corrected chi connectivity index (χ4v) is 6.99. The largest absolute Gasteiger partial charge is 0.508 e. The molecule has 3 heteroatoms. The molecular formula is C42H54O3. The smallest absolute Gasteiger partial charge is 0.119 e. The first kappa shape index (κ1) is 34.2. The van der Waals surface area contributed by atoms with Crippen molar-refractivity contribution >= 4 is 0 Å². The van der Waals surface area contributed by atoms with Gasteiger partial charge in [0.05, 0.1) is 0 Å². The lowest BCUT2D eigenvalue weighted by Crippen LogP contribution is -2.11. The first-order valence-electron chi connectivity index (χ1n) is 16.8. The minimum Gasteiger partial charge on any atom is -0.508 e. The molecule has 0 aliphatic carbocycles. The maximum Gasteiger partial charge on any atom is 0.119 e. The number of phenolic OH excluding ortho intramolecular Hbond substituents is 3. The number of hydrogen-bond acceptors (Lipinski definition) is 3. The number of phenols is 3. The summed E-state index contributed by atoms with van der Waals surface area (Å²) in [5.41, 5.74) is 13.6. The highest BCUT2D eigenvalue weighted by Crippen LogP contribution is 2.53. The van der Waals surface area contributed by atoms with Gasteiger partial charge < -0.3 is 15.3 Å². The molecule has 0 bridgehead atoms. The van der Waals surface area contributed by atoms with Crippen LogP contribution in [0.1, 0.15) is 152 Å². The summed E-state index contributed by atoms with van der Waals surface area (Å²) in [6, 6.07) is 18.3. The molecule has 3 N–H and O–H groups in total. The van der Waals surface area contributed by atoms with Crippen LogP contribution in [0.3, 0.4) is 0 Å². The molecule has 45 heavy (non-hydrogen) atoms. The summed E-state index contributed by atoms with van der Waals surface area (Å²) >= 11 is 0. The van der Waals surface area contributed by atoms with Crippen molar-refractivity contribution in [3.63, 3.8) is 0 Å². The summed E-state index contributed by atoms with van der Waals surface area (Å²) < 4.78 is 0. The van der Waals surface area contributed by atoms with Crippen LogP contribution in [0.4, 0.5) is 0 Å². The summed E-state index contributed by atoms with van der Waals surface area (Å²) in [5, 5.41) is 32.6. The predicted molar refractivity (Wildman–Crippen MR) is 192 cm³/mol. The Morgan fingerprint density at radius 2 is 0.556 bits per heavy atom. The van der Waals surface area contributed by atoms with Crippen molar-refractivity contribution in [3.8, 4) is 50.6 Å². The Labute approximate surface area is 272 Å². The Balaban J connectivity index is 2.37. The van der Waals surface area contributed by atoms with Crippen LogP contribution in [-0.2, 0) is 0 Å². The van der Waals surface area contributed by atoms with Crippen LogP contribution in [0.25, 0.3) is 33.4 Å². The van der Waals surface area contributed by atoms with E-state index in [-0.39, 0.29) is 35.5 Å². The number of aromatic hydroxyl groups is 3. The van der Waals surface area contributed by atoms with E-state index < -0.39 is 0 Å². The Morgan fingerprint density at radius 3 is 0.733 bits per heavy atom. The second kappa shape index (κ2) is 13.3. The first-order valence-corrected chi connectivity index (χ1v) is 16.8. The molecule has 0 atom stereocenters. The summed E-state index contributed by atoms with van der Waals surface area (Å²) in [6.45, 7) is 26.4. The van der Waals surface area contributed by atoms with Gasteiger partial charge in [0.25, 0.3) is 0 Å². The van der Waals surface area contributed by atoms with Gasteiger partial charge in [-0.1, -0.05) is 101 Å². The highest BCUT2D eigenvalue weighted by Gasteiger charge is 2.31. The summed E-state index contributed by atoms with van der Waals surface area (Å²) in [5.74, 6) is 2.05. The molecular weight excluding hydrogens is 552 g/mol. The molecule has 0 fully saturated rings. The van der Waals surface area contributed by atoms with Crippen LogP contribution in [0.2, 0.25) is 0 Å². The molecule has 0 saturated carbocycles. The van der Waals surface area contributed by atoms with E-state index in [0.717, 1.165) is 33.4 Å². The number of hydrogen-bond donors (Lipinski definition) is 3. The average Bonchev–Trinajstić information content (AvgIpc) is 2.95. The van der Waals surface area contributed by atoms with E-state index in [2.05, 4.69) is 119 Å². The molecule has 240 valence electrons. The van der Waals surface area contributed by atoms with Crippen molar-refractivity contribution in [1.29, 1.82) is 0 Å². The lowest BCUT2D eigenvalue weighted by molar-refractivity contribution is 0.464. The van der Waals surface area contributed by atoms with Gasteiger partial charge in [-0.3, -0.25) is 0 Å². The SMILES string of the molecule is CC(C)c1cc(-c2c(C(C)C)c(-c3ccc(O)c(C(C)C)c3)c(C(C)C)c(-c3ccc(O)c(C(C)C)c3)c2C(C)C)ccc1O. The summed E-state index contributed by atoms with van der Waals surface area (Å²) in [6.07, 6.45) is 0. The zero-order chi connectivity index (χ0) is 33.5. The third-order valence-corrected chi connectivity index (χ3v) is 9.16. The van der Waals surface area contributed by atoms with Crippen LogP contribution in [-0.4, -0.2) is 15.3 Å². The van der Waals surface area contributed by atoms with Gasteiger partial charge in [0.15, 0.2) is 0 Å². The van der Waals surface area contributed by atoms with Gasteiger partial charge in [-0.05, 0) is 139 Å². The highest BCUT2D eigenvalue weighted by molar-refractivity contribution is 5.94. The van der Waals surface area contributed by atoms with Crippen molar-refractivity contribution in [3.05, 3.63) is 88.0 Å². The second-order valence-electron chi connectivity index (χ2n) is 14.6. The van der Waals surface area contributed by atoms with Crippen molar-refractivity contribution < 1.29 is 15.3 Å². The van der Waals surface area contributed by atoms with Crippen LogP contribution in [0, 0.1) is 0 Å². The third-order valence-electron chi connectivity index (χ3n) is 9.16. The molecule has 0 heterocycles. The van der Waals surface area contributed by atoms with Gasteiger partial charge in [-0.25, -0.2) is 0 Å². The first-order chi connectivity index (χ1) is 21.1. The monoisotopic (exact) mass is 606 g/mol. The maximum absolute atomic E-state index is 10.9. The predicted octanol–water partition coefficient (Wildman–Crippen LogP) is 12.5. The van der Waals surface area contributed by atoms with Crippen molar-refractivity contribution in [2.75, 3.05) is 0 Å². The van der Waals surface area contributed by atoms with Gasteiger partial charge in [0, 0.05) is 0 Å². The lowest BCUT2D eigenvalue weighted by atomic mass is 9.71. The Hall–Kier alpha value is -3.72. The highest BCUT2D eigenvalue weighted by atomic mass is 16.3. The Morgan fingerprint density at radius 1 is 0.333 bits per heavy atom. The van der Waals surface area contributed by atoms with Crippen LogP contribution >= 0.6 is 0 Å². The summed E-state index contributed by atoms with van der Waals surface area (Å²) in [7, 11) is 0. The minimum atomic E-state index is 0.167. The van der Waals surface area contributed by atoms with E-state index in [1.54, 1.807) is 0 Å². The Bertz CT molecular complexity index is 1470.